The second-order valence-electron chi connectivity index (χ2n) is 5.16. The molecule has 90 valence electrons. The van der Waals surface area contributed by atoms with Crippen molar-refractivity contribution in [2.75, 3.05) is 6.54 Å². The SMILES string of the molecule is CC(C)C1NC(=O)CCN(C2CCC2)C1=O. The molecule has 1 aliphatic carbocycles. The van der Waals surface area contributed by atoms with E-state index in [9.17, 15) is 9.59 Å². The van der Waals surface area contributed by atoms with Crippen molar-refractivity contribution < 1.29 is 9.59 Å². The van der Waals surface area contributed by atoms with Crippen molar-refractivity contribution in [1.82, 2.24) is 10.2 Å². The first-order valence-electron chi connectivity index (χ1n) is 6.19. The highest BCUT2D eigenvalue weighted by Gasteiger charge is 2.37. The van der Waals surface area contributed by atoms with E-state index in [1.807, 2.05) is 18.7 Å². The van der Waals surface area contributed by atoms with Crippen LogP contribution >= 0.6 is 0 Å². The number of carbonyl (C=O) groups excluding carboxylic acids is 2. The van der Waals surface area contributed by atoms with Gasteiger partial charge in [0.2, 0.25) is 11.8 Å². The van der Waals surface area contributed by atoms with Gasteiger partial charge in [0.1, 0.15) is 6.04 Å². The Kier molecular flexibility index (Phi) is 3.17. The molecule has 1 saturated heterocycles. The second kappa shape index (κ2) is 4.44. The van der Waals surface area contributed by atoms with Crippen LogP contribution in [0.3, 0.4) is 0 Å². The first-order chi connectivity index (χ1) is 7.59. The monoisotopic (exact) mass is 224 g/mol. The zero-order valence-electron chi connectivity index (χ0n) is 10.0. The summed E-state index contributed by atoms with van der Waals surface area (Å²) in [6, 6.07) is 0.0667. The summed E-state index contributed by atoms with van der Waals surface area (Å²) < 4.78 is 0. The van der Waals surface area contributed by atoms with Gasteiger partial charge in [-0.1, -0.05) is 13.8 Å². The van der Waals surface area contributed by atoms with E-state index in [2.05, 4.69) is 5.32 Å². The van der Waals surface area contributed by atoms with Crippen LogP contribution < -0.4 is 5.32 Å². The van der Waals surface area contributed by atoms with Crippen LogP contribution in [-0.4, -0.2) is 35.3 Å². The van der Waals surface area contributed by atoms with Gasteiger partial charge in [-0.25, -0.2) is 0 Å². The van der Waals surface area contributed by atoms with Crippen molar-refractivity contribution in [1.29, 1.82) is 0 Å². The van der Waals surface area contributed by atoms with Crippen LogP contribution in [0.25, 0.3) is 0 Å². The predicted molar refractivity (Wildman–Crippen MR) is 60.7 cm³/mol. The number of amides is 2. The molecule has 1 unspecified atom stereocenters. The molecule has 0 spiro atoms. The summed E-state index contributed by atoms with van der Waals surface area (Å²) in [5, 5.41) is 2.83. The summed E-state index contributed by atoms with van der Waals surface area (Å²) in [6.07, 6.45) is 3.86. The second-order valence-corrected chi connectivity index (χ2v) is 5.16. The lowest BCUT2D eigenvalue weighted by atomic mass is 9.90. The molecular weight excluding hydrogens is 204 g/mol. The zero-order chi connectivity index (χ0) is 11.7. The molecule has 1 atom stereocenters. The summed E-state index contributed by atoms with van der Waals surface area (Å²) in [4.78, 5) is 25.7. The van der Waals surface area contributed by atoms with Crippen molar-refractivity contribution in [3.05, 3.63) is 0 Å². The average Bonchev–Trinajstić information content (AvgIpc) is 2.28. The Morgan fingerprint density at radius 3 is 2.50 bits per heavy atom. The highest BCUT2D eigenvalue weighted by molar-refractivity contribution is 5.90. The Morgan fingerprint density at radius 2 is 2.00 bits per heavy atom. The maximum absolute atomic E-state index is 12.3. The van der Waals surface area contributed by atoms with E-state index in [1.54, 1.807) is 0 Å². The molecule has 1 heterocycles. The quantitative estimate of drug-likeness (QED) is 0.758. The van der Waals surface area contributed by atoms with Crippen molar-refractivity contribution in [3.8, 4) is 0 Å². The number of nitrogens with zero attached hydrogens (tertiary/aromatic N) is 1. The Morgan fingerprint density at radius 1 is 1.31 bits per heavy atom. The average molecular weight is 224 g/mol. The van der Waals surface area contributed by atoms with Crippen LogP contribution in [0.2, 0.25) is 0 Å². The van der Waals surface area contributed by atoms with Gasteiger partial charge >= 0.3 is 0 Å². The van der Waals surface area contributed by atoms with Crippen LogP contribution in [0, 0.1) is 5.92 Å². The van der Waals surface area contributed by atoms with Crippen molar-refractivity contribution >= 4 is 11.8 Å². The minimum absolute atomic E-state index is 0.00822. The fourth-order valence-corrected chi connectivity index (χ4v) is 2.33. The van der Waals surface area contributed by atoms with Gasteiger partial charge in [-0.2, -0.15) is 0 Å². The number of carbonyl (C=O) groups is 2. The maximum Gasteiger partial charge on any atom is 0.245 e. The van der Waals surface area contributed by atoms with Gasteiger partial charge in [0.05, 0.1) is 0 Å². The maximum atomic E-state index is 12.3. The highest BCUT2D eigenvalue weighted by atomic mass is 16.2. The molecule has 2 fully saturated rings. The van der Waals surface area contributed by atoms with Gasteiger partial charge in [0, 0.05) is 19.0 Å². The topological polar surface area (TPSA) is 49.4 Å². The molecule has 0 radical (unpaired) electrons. The molecule has 0 aromatic carbocycles. The summed E-state index contributed by atoms with van der Waals surface area (Å²) in [5.74, 6) is 0.288. The Bertz CT molecular complexity index is 297. The van der Waals surface area contributed by atoms with Gasteiger partial charge in [-0.3, -0.25) is 9.59 Å². The van der Waals surface area contributed by atoms with E-state index in [0.29, 0.717) is 19.0 Å². The summed E-state index contributed by atoms with van der Waals surface area (Å²) in [5.41, 5.74) is 0. The number of hydrogen-bond donors (Lipinski definition) is 1. The molecule has 0 aromatic rings. The molecule has 2 aliphatic rings. The van der Waals surface area contributed by atoms with E-state index in [1.165, 1.54) is 6.42 Å². The van der Waals surface area contributed by atoms with E-state index >= 15 is 0 Å². The summed E-state index contributed by atoms with van der Waals surface area (Å²) >= 11 is 0. The molecule has 4 heteroatoms. The van der Waals surface area contributed by atoms with Crippen molar-refractivity contribution in [3.63, 3.8) is 0 Å². The predicted octanol–water partition coefficient (Wildman–Crippen LogP) is 0.912. The molecule has 2 amide bonds. The molecular formula is C12H20N2O2. The number of rotatable bonds is 2. The Labute approximate surface area is 96.4 Å². The van der Waals surface area contributed by atoms with Crippen LogP contribution in [0.15, 0.2) is 0 Å². The van der Waals surface area contributed by atoms with Crippen LogP contribution in [0.1, 0.15) is 39.5 Å². The smallest absolute Gasteiger partial charge is 0.245 e. The first kappa shape index (κ1) is 11.4. The zero-order valence-corrected chi connectivity index (χ0v) is 10.0. The minimum Gasteiger partial charge on any atom is -0.344 e. The van der Waals surface area contributed by atoms with Gasteiger partial charge in [0.25, 0.3) is 0 Å². The fourth-order valence-electron chi connectivity index (χ4n) is 2.33. The number of hydrogen-bond acceptors (Lipinski definition) is 2. The summed E-state index contributed by atoms with van der Waals surface area (Å²) in [6.45, 7) is 4.55. The lowest BCUT2D eigenvalue weighted by Crippen LogP contribution is -2.52. The Hall–Kier alpha value is -1.06. The molecule has 4 nitrogen and oxygen atoms in total. The first-order valence-corrected chi connectivity index (χ1v) is 6.19. The molecule has 1 saturated carbocycles. The standard InChI is InChI=1S/C12H20N2O2/c1-8(2)11-12(16)14(9-4-3-5-9)7-6-10(15)13-11/h8-9,11H,3-7H2,1-2H3,(H,13,15). The third kappa shape index (κ3) is 2.06. The van der Waals surface area contributed by atoms with Gasteiger partial charge in [-0.05, 0) is 25.2 Å². The minimum atomic E-state index is -0.324. The van der Waals surface area contributed by atoms with Crippen LogP contribution in [0.5, 0.6) is 0 Å². The van der Waals surface area contributed by atoms with Crippen molar-refractivity contribution in [2.24, 2.45) is 5.92 Å². The van der Waals surface area contributed by atoms with Crippen molar-refractivity contribution in [2.45, 2.75) is 51.6 Å². The molecule has 0 bridgehead atoms. The highest BCUT2D eigenvalue weighted by Crippen LogP contribution is 2.27. The number of nitrogens with one attached hydrogen (secondary N) is 1. The molecule has 16 heavy (non-hydrogen) atoms. The lowest BCUT2D eigenvalue weighted by Gasteiger charge is -2.38. The molecule has 1 aliphatic heterocycles. The van der Waals surface area contributed by atoms with E-state index in [4.69, 9.17) is 0 Å². The normalized spacial score (nSPS) is 27.7. The lowest BCUT2D eigenvalue weighted by molar-refractivity contribution is -0.138. The van der Waals surface area contributed by atoms with Crippen LogP contribution in [-0.2, 0) is 9.59 Å². The Balaban J connectivity index is 2.13. The van der Waals surface area contributed by atoms with Crippen LogP contribution in [0.4, 0.5) is 0 Å². The van der Waals surface area contributed by atoms with Gasteiger partial charge in [-0.15, -0.1) is 0 Å². The molecule has 1 N–H and O–H groups in total. The largest absolute Gasteiger partial charge is 0.344 e. The third-order valence-electron chi connectivity index (χ3n) is 3.63. The van der Waals surface area contributed by atoms with Gasteiger partial charge in [0.15, 0.2) is 0 Å². The summed E-state index contributed by atoms with van der Waals surface area (Å²) in [7, 11) is 0. The van der Waals surface area contributed by atoms with E-state index in [-0.39, 0.29) is 23.8 Å². The van der Waals surface area contributed by atoms with Gasteiger partial charge < -0.3 is 10.2 Å². The molecule has 0 aromatic heterocycles. The van der Waals surface area contributed by atoms with E-state index < -0.39 is 0 Å². The fraction of sp³-hybridized carbons (Fsp3) is 0.833. The third-order valence-corrected chi connectivity index (χ3v) is 3.63. The molecule has 2 rings (SSSR count). The van der Waals surface area contributed by atoms with E-state index in [0.717, 1.165) is 12.8 Å².